The zero-order valence-corrected chi connectivity index (χ0v) is 47.4. The molecule has 0 amide bonds. The van der Waals surface area contributed by atoms with Crippen molar-refractivity contribution >= 4 is 45.4 Å². The first-order valence-corrected chi connectivity index (χ1v) is 28.0. The second kappa shape index (κ2) is 23.2. The Bertz CT molecular complexity index is 3760. The van der Waals surface area contributed by atoms with Crippen molar-refractivity contribution in [2.75, 3.05) is 0 Å². The number of aryl methyl sites for hydroxylation is 2. The van der Waals surface area contributed by atoms with Gasteiger partial charge in [0.25, 0.3) is 22.2 Å². The van der Waals surface area contributed by atoms with E-state index in [1.807, 2.05) is 104 Å². The average Bonchev–Trinajstić information content (AvgIpc) is 2.93. The zero-order chi connectivity index (χ0) is 59.2. The van der Waals surface area contributed by atoms with Crippen molar-refractivity contribution in [2.24, 2.45) is 0 Å². The summed E-state index contributed by atoms with van der Waals surface area (Å²) in [6.07, 6.45) is 4.71. The quantitative estimate of drug-likeness (QED) is 0.0262. The van der Waals surface area contributed by atoms with E-state index in [2.05, 4.69) is 19.9 Å². The van der Waals surface area contributed by atoms with Crippen LogP contribution < -0.4 is 22.2 Å². The fourth-order valence-electron chi connectivity index (χ4n) is 12.9. The van der Waals surface area contributed by atoms with E-state index in [0.717, 1.165) is 53.6 Å². The summed E-state index contributed by atoms with van der Waals surface area (Å²) in [6.45, 7) is 15.2. The molecule has 0 saturated heterocycles. The van der Waals surface area contributed by atoms with Crippen LogP contribution in [-0.4, -0.2) is 73.4 Å². The van der Waals surface area contributed by atoms with Gasteiger partial charge in [-0.2, -0.15) is 0 Å². The second-order valence-corrected chi connectivity index (χ2v) is 21.3. The van der Waals surface area contributed by atoms with Crippen molar-refractivity contribution in [3.8, 4) is 0 Å². The number of rotatable bonds is 24. The molecule has 3 aromatic carbocycles. The normalized spacial score (nSPS) is 11.8. The van der Waals surface area contributed by atoms with E-state index in [0.29, 0.717) is 109 Å². The predicted molar refractivity (Wildman–Crippen MR) is 313 cm³/mol. The van der Waals surface area contributed by atoms with E-state index >= 15 is 0 Å². The summed E-state index contributed by atoms with van der Waals surface area (Å²) >= 11 is 0. The molecule has 0 aliphatic rings. The van der Waals surface area contributed by atoms with Crippen LogP contribution in [0.2, 0.25) is 0 Å². The number of unbranched alkanes of at least 4 members (excludes halogenated alkanes) is 2. The average molecular weight is 1110 g/mol. The number of nitrogens with zero attached hydrogens (tertiary/aromatic N) is 2. The highest BCUT2D eigenvalue weighted by Gasteiger charge is 2.34. The van der Waals surface area contributed by atoms with Gasteiger partial charge in [0.1, 0.15) is 22.8 Å². The second-order valence-electron chi connectivity index (χ2n) is 21.3. The first-order valence-electron chi connectivity index (χ1n) is 28.0. The van der Waals surface area contributed by atoms with Crippen LogP contribution in [-0.2, 0) is 51.6 Å². The molecule has 0 radical (unpaired) electrons. The molecule has 8 N–H and O–H groups in total. The Morgan fingerprint density at radius 1 is 0.415 bits per heavy atom. The third-order valence-electron chi connectivity index (χ3n) is 17.0. The van der Waals surface area contributed by atoms with Gasteiger partial charge in [0.2, 0.25) is 0 Å². The monoisotopic (exact) mass is 1110 g/mol. The summed E-state index contributed by atoms with van der Waals surface area (Å²) in [4.78, 5) is 119. The highest BCUT2D eigenvalue weighted by Crippen LogP contribution is 2.42. The smallest absolute Gasteiger partial charge is 0.352 e. The molecule has 9 rings (SSSR count). The summed E-state index contributed by atoms with van der Waals surface area (Å²) in [5.41, 5.74) is 9.77. The number of carbonyl (C=O) groups is 4. The molecule has 0 fully saturated rings. The van der Waals surface area contributed by atoms with Gasteiger partial charge in [-0.1, -0.05) is 76.2 Å². The third-order valence-corrected chi connectivity index (χ3v) is 17.0. The Hall–Kier alpha value is -9.06. The highest BCUT2D eigenvalue weighted by molar-refractivity contribution is 5.98. The Morgan fingerprint density at radius 3 is 0.902 bits per heavy atom. The first-order chi connectivity index (χ1) is 39.2. The molecular weight excluding hydrogens is 1040 g/mol. The van der Waals surface area contributed by atoms with E-state index in [-0.39, 0.29) is 57.4 Å². The van der Waals surface area contributed by atoms with Gasteiger partial charge in [0.05, 0.1) is 33.4 Å². The molecule has 18 nitrogen and oxygen atoms in total. The number of carboxylic acid groups (broad SMARTS) is 4. The SMILES string of the molecule is CCc1c(C(=O)O)[nH]c(C(c2ccccc2CCCCn2c(=O)c3cc4c(=O)n(CCCCc5ccccc5C(c5[nH]c(C(=O)O)c(CC)c5C)c5[nH]c(C(=O)O)c(CC)c5C)c(=O)c4cc3c2=O)c2[nH]c(C(=O)O)c(CC)c2C)c1C. The van der Waals surface area contributed by atoms with Gasteiger partial charge >= 0.3 is 23.9 Å². The molecule has 0 spiro atoms. The van der Waals surface area contributed by atoms with Crippen LogP contribution in [0.4, 0.5) is 0 Å². The molecule has 18 heteroatoms. The van der Waals surface area contributed by atoms with Crippen molar-refractivity contribution < 1.29 is 39.6 Å². The summed E-state index contributed by atoms with van der Waals surface area (Å²) < 4.78 is 2.28. The van der Waals surface area contributed by atoms with Crippen molar-refractivity contribution in [3.05, 3.63) is 214 Å². The summed E-state index contributed by atoms with van der Waals surface area (Å²) in [5, 5.41) is 41.0. The van der Waals surface area contributed by atoms with Crippen LogP contribution in [0.5, 0.6) is 0 Å². The maximum absolute atomic E-state index is 14.0. The van der Waals surface area contributed by atoms with Crippen molar-refractivity contribution in [1.82, 2.24) is 29.1 Å². The minimum atomic E-state index is -1.10. The molecular formula is C64H68N6O12. The molecule has 0 bridgehead atoms. The van der Waals surface area contributed by atoms with E-state index in [1.165, 1.54) is 12.1 Å². The van der Waals surface area contributed by atoms with Gasteiger partial charge < -0.3 is 40.4 Å². The molecule has 0 aliphatic heterocycles. The standard InChI is InChI=1S/C64H68N6O12/c1-9-37-31(5)49(65-53(37)61(75)76)47(50-32(6)38(10-2)54(66-50)62(77)78)41-25-15-13-21-35(41)23-17-19-27-69-57(71)43-29-45-46(30-44(43)58(69)72)60(74)70(59(45)73)28-20-18-24-36-22-14-16-26-42(36)48(51-33(7)39(11-3)55(67-51)63(79)80)52-34(8)40(12-4)56(68-52)64(81)82/h13-16,21-22,25-26,29-30,47-48,65-68H,9-12,17-20,23-24,27-28H2,1-8H3,(H,75,76)(H,77,78)(H,79,80)(H,81,82). The molecule has 0 aliphatic carbocycles. The number of hydrogen-bond acceptors (Lipinski definition) is 8. The van der Waals surface area contributed by atoms with E-state index in [4.69, 9.17) is 0 Å². The fourth-order valence-corrected chi connectivity index (χ4v) is 12.9. The number of nitrogens with one attached hydrogen (secondary N) is 4. The molecule has 6 aromatic heterocycles. The summed E-state index contributed by atoms with van der Waals surface area (Å²) in [7, 11) is 0. The lowest BCUT2D eigenvalue weighted by molar-refractivity contribution is 0.0679. The number of benzene rings is 3. The number of H-pyrrole nitrogens is 4. The minimum absolute atomic E-state index is 0.0470. The number of fused-ring (bicyclic) bond motifs is 2. The fraction of sp³-hybridized carbons (Fsp3) is 0.344. The topological polar surface area (TPSA) is 290 Å². The number of aromatic carboxylic acids is 4. The van der Waals surface area contributed by atoms with Gasteiger partial charge in [0, 0.05) is 35.9 Å². The van der Waals surface area contributed by atoms with E-state index in [9.17, 15) is 58.8 Å². The van der Waals surface area contributed by atoms with Crippen molar-refractivity contribution in [2.45, 2.75) is 145 Å². The predicted octanol–water partition coefficient (Wildman–Crippen LogP) is 9.91. The number of hydrogen-bond donors (Lipinski definition) is 8. The molecule has 82 heavy (non-hydrogen) atoms. The highest BCUT2D eigenvalue weighted by atomic mass is 16.4. The van der Waals surface area contributed by atoms with Crippen LogP contribution in [0.15, 0.2) is 79.8 Å². The van der Waals surface area contributed by atoms with E-state index < -0.39 is 58.0 Å². The van der Waals surface area contributed by atoms with Crippen LogP contribution in [0.3, 0.4) is 0 Å². The Labute approximate surface area is 471 Å². The van der Waals surface area contributed by atoms with Crippen LogP contribution in [0, 0.1) is 27.7 Å². The molecule has 0 unspecified atom stereocenters. The van der Waals surface area contributed by atoms with Gasteiger partial charge in [-0.3, -0.25) is 28.3 Å². The minimum Gasteiger partial charge on any atom is -0.477 e. The lowest BCUT2D eigenvalue weighted by Gasteiger charge is -2.22. The largest absolute Gasteiger partial charge is 0.477 e. The van der Waals surface area contributed by atoms with Gasteiger partial charge in [-0.25, -0.2) is 19.2 Å². The molecule has 0 saturated carbocycles. The Balaban J connectivity index is 0.941. The summed E-state index contributed by atoms with van der Waals surface area (Å²) in [6, 6.07) is 18.1. The van der Waals surface area contributed by atoms with Gasteiger partial charge in [-0.05, 0) is 171 Å². The van der Waals surface area contributed by atoms with Crippen LogP contribution >= 0.6 is 0 Å². The molecule has 6 heterocycles. The number of aromatic amines is 4. The third kappa shape index (κ3) is 9.93. The zero-order valence-electron chi connectivity index (χ0n) is 47.4. The maximum atomic E-state index is 14.0. The lowest BCUT2D eigenvalue weighted by atomic mass is 9.84. The number of aromatic nitrogens is 6. The van der Waals surface area contributed by atoms with Gasteiger partial charge in [-0.15, -0.1) is 0 Å². The van der Waals surface area contributed by atoms with Crippen molar-refractivity contribution in [1.29, 1.82) is 0 Å². The molecule has 426 valence electrons. The van der Waals surface area contributed by atoms with Gasteiger partial charge in [0.15, 0.2) is 0 Å². The van der Waals surface area contributed by atoms with Crippen LogP contribution in [0.1, 0.15) is 197 Å². The first kappa shape index (κ1) is 57.6. The maximum Gasteiger partial charge on any atom is 0.352 e. The number of carboxylic acids is 4. The van der Waals surface area contributed by atoms with E-state index in [1.54, 1.807) is 0 Å². The lowest BCUT2D eigenvalue weighted by Crippen LogP contribution is -2.26. The Kier molecular flexibility index (Phi) is 16.3. The molecule has 9 aromatic rings. The Morgan fingerprint density at radius 2 is 0.671 bits per heavy atom. The van der Waals surface area contributed by atoms with Crippen LogP contribution in [0.25, 0.3) is 21.5 Å². The van der Waals surface area contributed by atoms with Crippen molar-refractivity contribution in [3.63, 3.8) is 0 Å². The molecule has 0 atom stereocenters. The summed E-state index contributed by atoms with van der Waals surface area (Å²) in [5.74, 6) is -5.57.